The second kappa shape index (κ2) is 8.52. The average Bonchev–Trinajstić information content (AvgIpc) is 2.46. The van der Waals surface area contributed by atoms with E-state index >= 15 is 0 Å². The van der Waals surface area contributed by atoms with Crippen LogP contribution in [-0.4, -0.2) is 29.4 Å². The number of ether oxygens (including phenoxy) is 2. The fraction of sp³-hybridized carbons (Fsp3) is 0.167. The Bertz CT molecular complexity index is 479. The molecule has 1 atom stereocenters. The first-order valence-corrected chi connectivity index (χ1v) is 4.88. The number of benzene rings is 1. The molecule has 19 heavy (non-hydrogen) atoms. The largest absolute Gasteiger partial charge is 0.497 e. The van der Waals surface area contributed by atoms with Crippen molar-refractivity contribution in [3.8, 4) is 18.1 Å². The number of hydrogen-bond acceptors (Lipinski definition) is 6. The summed E-state index contributed by atoms with van der Waals surface area (Å²) >= 11 is 0. The predicted molar refractivity (Wildman–Crippen MR) is 64.3 cm³/mol. The third-order valence-electron chi connectivity index (χ3n) is 1.95. The Morgan fingerprint density at radius 2 is 2.05 bits per heavy atom. The van der Waals surface area contributed by atoms with Gasteiger partial charge in [0.05, 0.1) is 7.11 Å². The molecule has 102 valence electrons. The highest BCUT2D eigenvalue weighted by molar-refractivity contribution is 6.28. The molecule has 0 saturated heterocycles. The van der Waals surface area contributed by atoms with Gasteiger partial charge < -0.3 is 19.8 Å². The molecule has 1 rings (SSSR count). The van der Waals surface area contributed by atoms with E-state index in [0.717, 1.165) is 0 Å². The predicted octanol–water partition coefficient (Wildman–Crippen LogP) is 0.332. The highest BCUT2D eigenvalue weighted by atomic mass is 16.6. The van der Waals surface area contributed by atoms with Crippen LogP contribution in [0.25, 0.3) is 0 Å². The van der Waals surface area contributed by atoms with Crippen LogP contribution in [-0.2, 0) is 14.3 Å². The third-order valence-corrected chi connectivity index (χ3v) is 1.95. The highest BCUT2D eigenvalue weighted by Crippen LogP contribution is 2.21. The second-order valence-corrected chi connectivity index (χ2v) is 3.03. The summed E-state index contributed by atoms with van der Waals surface area (Å²) in [5.41, 5.74) is 0.474. The maximum atomic E-state index is 10.9. The Morgan fingerprint density at radius 1 is 1.42 bits per heavy atom. The number of nitrogens with two attached hydrogens (primary N) is 1. The lowest BCUT2D eigenvalue weighted by molar-refractivity contribution is -0.165. The fourth-order valence-corrected chi connectivity index (χ4v) is 1.16. The van der Waals surface area contributed by atoms with Gasteiger partial charge in [-0.1, -0.05) is 18.1 Å². The lowest BCUT2D eigenvalue weighted by Gasteiger charge is -2.11. The number of carbonyl (C=O) groups excluding carboxylic acids is 1. The lowest BCUT2D eigenvalue weighted by atomic mass is 10.1. The van der Waals surface area contributed by atoms with E-state index in [9.17, 15) is 9.59 Å². The zero-order valence-electron chi connectivity index (χ0n) is 10.1. The molecule has 0 aliphatic carbocycles. The van der Waals surface area contributed by atoms with Crippen molar-refractivity contribution in [3.63, 3.8) is 0 Å². The summed E-state index contributed by atoms with van der Waals surface area (Å²) in [7, 11) is 1.48. The van der Waals surface area contributed by atoms with Crippen LogP contribution in [0.3, 0.4) is 0 Å². The van der Waals surface area contributed by atoms with Gasteiger partial charge in [-0.2, -0.15) is 0 Å². The minimum atomic E-state index is -1.69. The molecule has 0 heterocycles. The van der Waals surface area contributed by atoms with Crippen molar-refractivity contribution in [2.45, 2.75) is 6.10 Å². The van der Waals surface area contributed by atoms with Crippen LogP contribution in [0.1, 0.15) is 11.7 Å². The van der Waals surface area contributed by atoms with Gasteiger partial charge in [-0.3, -0.25) is 0 Å². The van der Waals surface area contributed by atoms with E-state index in [1.807, 2.05) is 0 Å². The van der Waals surface area contributed by atoms with Gasteiger partial charge in [0.25, 0.3) is 0 Å². The van der Waals surface area contributed by atoms with E-state index in [1.54, 1.807) is 24.3 Å². The Labute approximate surface area is 109 Å². The van der Waals surface area contributed by atoms with Gasteiger partial charge in [-0.25, -0.2) is 15.5 Å². The third kappa shape index (κ3) is 5.08. The first-order chi connectivity index (χ1) is 9.08. The zero-order chi connectivity index (χ0) is 14.8. The molecule has 0 amide bonds. The number of esters is 1. The molecule has 1 unspecified atom stereocenters. The number of aliphatic carboxylic acids is 1. The Balaban J connectivity index is 0.00000154. The average molecular weight is 267 g/mol. The van der Waals surface area contributed by atoms with E-state index in [1.165, 1.54) is 7.11 Å². The number of carboxylic acids is 1. The number of terminal acetylenes is 1. The van der Waals surface area contributed by atoms with Crippen molar-refractivity contribution < 1.29 is 29.4 Å². The highest BCUT2D eigenvalue weighted by Gasteiger charge is 2.20. The normalized spacial score (nSPS) is 10.2. The number of hydrogen-bond donors (Lipinski definition) is 3. The standard InChI is InChI=1S/C12H10O5.H3NO/c1-3-10(17-12(15)11(13)14)8-5-4-6-9(7-8)16-2;1-2/h1,4-7,10H,2H3,(H,13,14);2H,1H2. The molecule has 4 N–H and O–H groups in total. The number of rotatable bonds is 3. The topological polar surface area (TPSA) is 119 Å². The van der Waals surface area contributed by atoms with Crippen LogP contribution in [0.2, 0.25) is 0 Å². The van der Waals surface area contributed by atoms with E-state index in [4.69, 9.17) is 21.5 Å². The Hall–Kier alpha value is -2.56. The molecule has 7 nitrogen and oxygen atoms in total. The smallest absolute Gasteiger partial charge is 0.418 e. The van der Waals surface area contributed by atoms with Gasteiger partial charge in [-0.05, 0) is 12.1 Å². The fourth-order valence-electron chi connectivity index (χ4n) is 1.16. The number of carboxylic acid groups (broad SMARTS) is 1. The first-order valence-electron chi connectivity index (χ1n) is 4.88. The maximum absolute atomic E-state index is 10.9. The van der Waals surface area contributed by atoms with Crippen molar-refractivity contribution in [2.75, 3.05) is 7.11 Å². The van der Waals surface area contributed by atoms with Crippen molar-refractivity contribution in [2.24, 2.45) is 5.90 Å². The molecule has 0 fully saturated rings. The molecule has 0 aliphatic rings. The van der Waals surface area contributed by atoms with Crippen molar-refractivity contribution in [3.05, 3.63) is 29.8 Å². The second-order valence-electron chi connectivity index (χ2n) is 3.03. The van der Waals surface area contributed by atoms with E-state index in [-0.39, 0.29) is 0 Å². The molecular formula is C12H13NO6. The Kier molecular flexibility index (Phi) is 7.37. The monoisotopic (exact) mass is 267 g/mol. The van der Waals surface area contributed by atoms with Gasteiger partial charge in [-0.15, -0.1) is 6.42 Å². The molecule has 1 aromatic carbocycles. The van der Waals surface area contributed by atoms with Crippen molar-refractivity contribution in [1.29, 1.82) is 0 Å². The quantitative estimate of drug-likeness (QED) is 0.312. The van der Waals surface area contributed by atoms with Crippen LogP contribution in [0.4, 0.5) is 0 Å². The van der Waals surface area contributed by atoms with Crippen LogP contribution in [0.15, 0.2) is 24.3 Å². The molecule has 1 aromatic rings. The van der Waals surface area contributed by atoms with Gasteiger partial charge in [0.1, 0.15) is 5.75 Å². The molecule has 0 saturated carbocycles. The molecule has 0 bridgehead atoms. The molecule has 0 radical (unpaired) electrons. The molecule has 0 aromatic heterocycles. The summed E-state index contributed by atoms with van der Waals surface area (Å²) in [4.78, 5) is 21.2. The summed E-state index contributed by atoms with van der Waals surface area (Å²) < 4.78 is 9.59. The van der Waals surface area contributed by atoms with Gasteiger partial charge in [0, 0.05) is 5.56 Å². The van der Waals surface area contributed by atoms with Gasteiger partial charge in [0.15, 0.2) is 6.10 Å². The molecule has 7 heteroatoms. The van der Waals surface area contributed by atoms with E-state index in [0.29, 0.717) is 11.3 Å². The summed E-state index contributed by atoms with van der Waals surface area (Å²) in [6, 6.07) is 6.53. The van der Waals surface area contributed by atoms with Crippen LogP contribution in [0.5, 0.6) is 5.75 Å². The van der Waals surface area contributed by atoms with Crippen molar-refractivity contribution in [1.82, 2.24) is 0 Å². The first kappa shape index (κ1) is 16.4. The summed E-state index contributed by atoms with van der Waals surface area (Å²) in [5.74, 6) is 3.15. The maximum Gasteiger partial charge on any atom is 0.418 e. The van der Waals surface area contributed by atoms with Crippen molar-refractivity contribution >= 4 is 11.9 Å². The molecule has 0 aliphatic heterocycles. The van der Waals surface area contributed by atoms with E-state index < -0.39 is 18.0 Å². The van der Waals surface area contributed by atoms with E-state index in [2.05, 4.69) is 16.6 Å². The van der Waals surface area contributed by atoms with Crippen LogP contribution < -0.4 is 10.6 Å². The lowest BCUT2D eigenvalue weighted by Crippen LogP contribution is -2.18. The minimum absolute atomic E-state index is 0.474. The summed E-state index contributed by atoms with van der Waals surface area (Å²) in [5, 5.41) is 14.9. The zero-order valence-corrected chi connectivity index (χ0v) is 10.1. The molecular weight excluding hydrogens is 254 g/mol. The number of methoxy groups -OCH3 is 1. The van der Waals surface area contributed by atoms with Gasteiger partial charge in [0.2, 0.25) is 0 Å². The van der Waals surface area contributed by atoms with Crippen LogP contribution in [0, 0.1) is 12.3 Å². The molecule has 0 spiro atoms. The Morgan fingerprint density at radius 3 is 2.53 bits per heavy atom. The number of carbonyl (C=O) groups is 2. The SMILES string of the molecule is C#CC(OC(=O)C(=O)O)c1cccc(OC)c1.NO. The summed E-state index contributed by atoms with van der Waals surface area (Å²) in [6.07, 6.45) is 4.14. The van der Waals surface area contributed by atoms with Crippen LogP contribution >= 0.6 is 0 Å². The summed E-state index contributed by atoms with van der Waals surface area (Å²) in [6.45, 7) is 0. The minimum Gasteiger partial charge on any atom is -0.497 e. The van der Waals surface area contributed by atoms with Gasteiger partial charge >= 0.3 is 11.9 Å².